The second-order valence-corrected chi connectivity index (χ2v) is 6.12. The lowest BCUT2D eigenvalue weighted by atomic mass is 9.90. The summed E-state index contributed by atoms with van der Waals surface area (Å²) in [6.45, 7) is 3.38. The van der Waals surface area contributed by atoms with Gasteiger partial charge in [-0.3, -0.25) is 9.59 Å². The second-order valence-electron chi connectivity index (χ2n) is 6.12. The average molecular weight is 344 g/mol. The maximum Gasteiger partial charge on any atom is 0.239 e. The van der Waals surface area contributed by atoms with Gasteiger partial charge in [0.2, 0.25) is 11.8 Å². The summed E-state index contributed by atoms with van der Waals surface area (Å²) in [4.78, 5) is 24.8. The van der Waals surface area contributed by atoms with E-state index in [0.29, 0.717) is 12.2 Å². The molecule has 0 fully saturated rings. The molecule has 2 rings (SSSR count). The van der Waals surface area contributed by atoms with E-state index in [2.05, 4.69) is 10.6 Å². The minimum atomic E-state index is -1.28. The largest absolute Gasteiger partial charge is 0.497 e. The molecule has 0 atom stereocenters. The molecule has 0 aliphatic heterocycles. The predicted molar refractivity (Wildman–Crippen MR) is 93.7 cm³/mol. The summed E-state index contributed by atoms with van der Waals surface area (Å²) >= 11 is 0. The van der Waals surface area contributed by atoms with Crippen LogP contribution >= 0.6 is 0 Å². The van der Waals surface area contributed by atoms with E-state index in [-0.39, 0.29) is 0 Å². The monoisotopic (exact) mass is 344 g/mol. The fraction of sp³-hybridized carbons (Fsp3) is 0.263. The van der Waals surface area contributed by atoms with E-state index in [9.17, 15) is 14.0 Å². The van der Waals surface area contributed by atoms with Crippen LogP contribution in [0.25, 0.3) is 0 Å². The Hall–Kier alpha value is -2.89. The maximum absolute atomic E-state index is 12.9. The molecular weight excluding hydrogens is 323 g/mol. The van der Waals surface area contributed by atoms with E-state index in [1.807, 2.05) is 12.1 Å². The van der Waals surface area contributed by atoms with Crippen molar-refractivity contribution >= 4 is 17.5 Å². The van der Waals surface area contributed by atoms with Crippen LogP contribution < -0.4 is 15.4 Å². The Labute approximate surface area is 146 Å². The zero-order chi connectivity index (χ0) is 18.4. The van der Waals surface area contributed by atoms with Gasteiger partial charge in [-0.05, 0) is 55.8 Å². The van der Waals surface area contributed by atoms with Crippen LogP contribution in [0.3, 0.4) is 0 Å². The molecule has 0 aromatic heterocycles. The molecule has 0 saturated heterocycles. The number of carbonyl (C=O) groups excluding carboxylic acids is 2. The normalized spacial score (nSPS) is 10.9. The van der Waals surface area contributed by atoms with Gasteiger partial charge in [-0.15, -0.1) is 0 Å². The van der Waals surface area contributed by atoms with Crippen LogP contribution in [0, 0.1) is 11.2 Å². The molecule has 0 unspecified atom stereocenters. The van der Waals surface area contributed by atoms with Crippen molar-refractivity contribution in [3.63, 3.8) is 0 Å². The molecule has 2 aromatic carbocycles. The van der Waals surface area contributed by atoms with Gasteiger partial charge in [-0.1, -0.05) is 12.1 Å². The summed E-state index contributed by atoms with van der Waals surface area (Å²) in [7, 11) is 1.58. The lowest BCUT2D eigenvalue weighted by Crippen LogP contribution is -2.44. The fourth-order valence-electron chi connectivity index (χ4n) is 2.07. The Morgan fingerprint density at radius 3 is 2.16 bits per heavy atom. The van der Waals surface area contributed by atoms with Crippen molar-refractivity contribution in [1.29, 1.82) is 0 Å². The third kappa shape index (κ3) is 4.79. The number of hydrogen-bond donors (Lipinski definition) is 2. The van der Waals surface area contributed by atoms with Crippen molar-refractivity contribution in [3.8, 4) is 5.75 Å². The van der Waals surface area contributed by atoms with Crippen molar-refractivity contribution in [2.75, 3.05) is 12.4 Å². The van der Waals surface area contributed by atoms with E-state index < -0.39 is 23.0 Å². The number of carbonyl (C=O) groups is 2. The van der Waals surface area contributed by atoms with Crippen LogP contribution in [0.4, 0.5) is 10.1 Å². The number of nitrogens with one attached hydrogen (secondary N) is 2. The number of amides is 2. The van der Waals surface area contributed by atoms with E-state index >= 15 is 0 Å². The maximum atomic E-state index is 12.9. The third-order valence-corrected chi connectivity index (χ3v) is 3.85. The minimum Gasteiger partial charge on any atom is -0.497 e. The van der Waals surface area contributed by atoms with Gasteiger partial charge in [-0.25, -0.2) is 4.39 Å². The lowest BCUT2D eigenvalue weighted by Gasteiger charge is -2.22. The van der Waals surface area contributed by atoms with Gasteiger partial charge >= 0.3 is 0 Å². The Bertz CT molecular complexity index is 740. The van der Waals surface area contributed by atoms with Gasteiger partial charge in [0, 0.05) is 12.2 Å². The predicted octanol–water partition coefficient (Wildman–Crippen LogP) is 3.12. The number of rotatable bonds is 6. The van der Waals surface area contributed by atoms with Gasteiger partial charge in [0.1, 0.15) is 17.0 Å². The van der Waals surface area contributed by atoms with Crippen LogP contribution in [0.5, 0.6) is 5.75 Å². The molecule has 0 radical (unpaired) electrons. The highest BCUT2D eigenvalue weighted by Gasteiger charge is 2.35. The highest BCUT2D eigenvalue weighted by atomic mass is 19.1. The first-order valence-corrected chi connectivity index (χ1v) is 7.81. The van der Waals surface area contributed by atoms with Crippen LogP contribution in [0.1, 0.15) is 19.4 Å². The van der Waals surface area contributed by atoms with Crippen molar-refractivity contribution in [2.24, 2.45) is 5.41 Å². The van der Waals surface area contributed by atoms with Gasteiger partial charge in [-0.2, -0.15) is 0 Å². The van der Waals surface area contributed by atoms with Gasteiger partial charge < -0.3 is 15.4 Å². The first kappa shape index (κ1) is 18.4. The van der Waals surface area contributed by atoms with Gasteiger partial charge in [0.05, 0.1) is 7.11 Å². The Morgan fingerprint density at radius 2 is 1.60 bits per heavy atom. The van der Waals surface area contributed by atoms with E-state index in [1.54, 1.807) is 19.2 Å². The molecule has 0 aliphatic carbocycles. The van der Waals surface area contributed by atoms with E-state index in [0.717, 1.165) is 11.3 Å². The number of hydrogen-bond acceptors (Lipinski definition) is 3. The van der Waals surface area contributed by atoms with E-state index in [1.165, 1.54) is 38.1 Å². The molecule has 2 amide bonds. The quantitative estimate of drug-likeness (QED) is 0.791. The molecule has 0 bridgehead atoms. The smallest absolute Gasteiger partial charge is 0.239 e. The molecule has 132 valence electrons. The first-order valence-electron chi connectivity index (χ1n) is 7.81. The van der Waals surface area contributed by atoms with Crippen LogP contribution in [-0.2, 0) is 16.1 Å². The van der Waals surface area contributed by atoms with Crippen LogP contribution in [0.15, 0.2) is 48.5 Å². The molecule has 2 N–H and O–H groups in total. The highest BCUT2D eigenvalue weighted by molar-refractivity contribution is 6.09. The summed E-state index contributed by atoms with van der Waals surface area (Å²) in [6, 6.07) is 12.6. The third-order valence-electron chi connectivity index (χ3n) is 3.85. The van der Waals surface area contributed by atoms with Crippen molar-refractivity contribution < 1.29 is 18.7 Å². The summed E-state index contributed by atoms with van der Waals surface area (Å²) in [5.74, 6) is -0.530. The molecule has 0 saturated carbocycles. The van der Waals surface area contributed by atoms with Crippen LogP contribution in [-0.4, -0.2) is 18.9 Å². The Morgan fingerprint density at radius 1 is 1.00 bits per heavy atom. The standard InChI is InChI=1S/C19H21FN2O3/c1-19(2,18(24)22-15-8-6-14(20)7-9-15)17(23)21-12-13-4-10-16(25-3)11-5-13/h4-11H,12H2,1-3H3,(H,21,23)(H,22,24). The molecule has 0 heterocycles. The zero-order valence-corrected chi connectivity index (χ0v) is 14.4. The summed E-state index contributed by atoms with van der Waals surface area (Å²) < 4.78 is 18.0. The Kier molecular flexibility index (Phi) is 5.75. The number of halogens is 1. The molecular formula is C19H21FN2O3. The number of anilines is 1. The van der Waals surface area contributed by atoms with Crippen LogP contribution in [0.2, 0.25) is 0 Å². The van der Waals surface area contributed by atoms with Crippen molar-refractivity contribution in [1.82, 2.24) is 5.32 Å². The van der Waals surface area contributed by atoms with Crippen molar-refractivity contribution in [3.05, 3.63) is 59.9 Å². The Balaban J connectivity index is 1.95. The fourth-order valence-corrected chi connectivity index (χ4v) is 2.07. The average Bonchev–Trinajstić information content (AvgIpc) is 2.61. The second kappa shape index (κ2) is 7.79. The summed E-state index contributed by atoms with van der Waals surface area (Å²) in [5, 5.41) is 5.37. The van der Waals surface area contributed by atoms with Gasteiger partial charge in [0.15, 0.2) is 0 Å². The van der Waals surface area contributed by atoms with Gasteiger partial charge in [0.25, 0.3) is 0 Å². The van der Waals surface area contributed by atoms with Crippen molar-refractivity contribution in [2.45, 2.75) is 20.4 Å². The number of ether oxygens (including phenoxy) is 1. The van der Waals surface area contributed by atoms with E-state index in [4.69, 9.17) is 4.74 Å². The summed E-state index contributed by atoms with van der Waals surface area (Å²) in [5.41, 5.74) is 0.0484. The topological polar surface area (TPSA) is 67.4 Å². The molecule has 2 aromatic rings. The summed E-state index contributed by atoms with van der Waals surface area (Å²) in [6.07, 6.45) is 0. The molecule has 25 heavy (non-hydrogen) atoms. The lowest BCUT2D eigenvalue weighted by molar-refractivity contribution is -0.138. The SMILES string of the molecule is COc1ccc(CNC(=O)C(C)(C)C(=O)Nc2ccc(F)cc2)cc1. The molecule has 6 heteroatoms. The minimum absolute atomic E-state index is 0.302. The first-order chi connectivity index (χ1) is 11.8. The number of benzene rings is 2. The molecule has 5 nitrogen and oxygen atoms in total. The zero-order valence-electron chi connectivity index (χ0n) is 14.4. The molecule has 0 spiro atoms. The highest BCUT2D eigenvalue weighted by Crippen LogP contribution is 2.20. The molecule has 0 aliphatic rings. The number of methoxy groups -OCH3 is 1.